The average Bonchev–Trinajstić information content (AvgIpc) is 3.17. The fraction of sp³-hybridized carbons (Fsp3) is 0.500. The Balaban J connectivity index is 1.82. The van der Waals surface area contributed by atoms with Crippen LogP contribution in [0.4, 0.5) is 4.79 Å². The first-order chi connectivity index (χ1) is 13.0. The van der Waals surface area contributed by atoms with E-state index in [1.807, 2.05) is 29.5 Å². The van der Waals surface area contributed by atoms with Gasteiger partial charge in [0.1, 0.15) is 0 Å². The van der Waals surface area contributed by atoms with Crippen molar-refractivity contribution in [1.82, 2.24) is 4.90 Å². The molecule has 0 spiro atoms. The summed E-state index contributed by atoms with van der Waals surface area (Å²) < 4.78 is 10.8. The van der Waals surface area contributed by atoms with Crippen LogP contribution in [-0.2, 0) is 22.3 Å². The SMILES string of the molecule is COC(C)(C)OC(=O)N(CCCCCc1cccs1)CCc1ccccc1. The number of carbonyl (C=O) groups is 1. The predicted octanol–water partition coefficient (Wildman–Crippen LogP) is 5.52. The minimum atomic E-state index is -0.915. The summed E-state index contributed by atoms with van der Waals surface area (Å²) in [7, 11) is 1.55. The molecule has 0 fully saturated rings. The van der Waals surface area contributed by atoms with E-state index in [4.69, 9.17) is 9.47 Å². The Labute approximate surface area is 167 Å². The summed E-state index contributed by atoms with van der Waals surface area (Å²) >= 11 is 1.81. The number of aryl methyl sites for hydroxylation is 1. The lowest BCUT2D eigenvalue weighted by Gasteiger charge is -2.29. The van der Waals surface area contributed by atoms with Crippen LogP contribution in [0.25, 0.3) is 0 Å². The van der Waals surface area contributed by atoms with Crippen molar-refractivity contribution in [3.05, 3.63) is 58.3 Å². The number of nitrogens with zero attached hydrogens (tertiary/aromatic N) is 1. The molecule has 0 saturated heterocycles. The highest BCUT2D eigenvalue weighted by molar-refractivity contribution is 7.09. The van der Waals surface area contributed by atoms with E-state index in [0.29, 0.717) is 13.1 Å². The molecule has 1 aromatic heterocycles. The van der Waals surface area contributed by atoms with Crippen molar-refractivity contribution in [3.63, 3.8) is 0 Å². The van der Waals surface area contributed by atoms with Crippen molar-refractivity contribution in [3.8, 4) is 0 Å². The van der Waals surface area contributed by atoms with Crippen LogP contribution in [0.15, 0.2) is 47.8 Å². The maximum atomic E-state index is 12.6. The molecule has 5 heteroatoms. The molecule has 0 aliphatic heterocycles. The van der Waals surface area contributed by atoms with E-state index in [1.54, 1.807) is 25.9 Å². The number of ether oxygens (including phenoxy) is 2. The van der Waals surface area contributed by atoms with Gasteiger partial charge in [-0.15, -0.1) is 11.3 Å². The Morgan fingerprint density at radius 3 is 2.44 bits per heavy atom. The molecule has 0 aliphatic carbocycles. The fourth-order valence-corrected chi connectivity index (χ4v) is 3.50. The monoisotopic (exact) mass is 389 g/mol. The van der Waals surface area contributed by atoms with Crippen LogP contribution < -0.4 is 0 Å². The van der Waals surface area contributed by atoms with Crippen LogP contribution >= 0.6 is 11.3 Å². The molecule has 0 aliphatic rings. The molecule has 1 heterocycles. The molecule has 0 N–H and O–H groups in total. The second-order valence-electron chi connectivity index (χ2n) is 7.08. The second-order valence-corrected chi connectivity index (χ2v) is 8.12. The van der Waals surface area contributed by atoms with Crippen LogP contribution in [0.2, 0.25) is 0 Å². The Hall–Kier alpha value is -1.85. The zero-order chi connectivity index (χ0) is 19.5. The van der Waals surface area contributed by atoms with Crippen molar-refractivity contribution < 1.29 is 14.3 Å². The smallest absolute Gasteiger partial charge is 0.412 e. The topological polar surface area (TPSA) is 38.8 Å². The number of carbonyl (C=O) groups excluding carboxylic acids is 1. The molecule has 0 bridgehead atoms. The van der Waals surface area contributed by atoms with Gasteiger partial charge in [0.25, 0.3) is 0 Å². The zero-order valence-corrected chi connectivity index (χ0v) is 17.5. The molecule has 0 saturated carbocycles. The van der Waals surface area contributed by atoms with Crippen molar-refractivity contribution in [2.24, 2.45) is 0 Å². The number of hydrogen-bond donors (Lipinski definition) is 0. The van der Waals surface area contributed by atoms with Gasteiger partial charge in [0, 0.05) is 38.9 Å². The molecule has 0 unspecified atom stereocenters. The normalized spacial score (nSPS) is 11.4. The minimum absolute atomic E-state index is 0.309. The largest absolute Gasteiger partial charge is 0.417 e. The summed E-state index contributed by atoms with van der Waals surface area (Å²) in [6.07, 6.45) is 4.84. The summed E-state index contributed by atoms with van der Waals surface area (Å²) in [6, 6.07) is 14.5. The molecular formula is C22H31NO3S. The van der Waals surface area contributed by atoms with Crippen LogP contribution in [0, 0.1) is 0 Å². The van der Waals surface area contributed by atoms with Gasteiger partial charge in [-0.05, 0) is 42.7 Å². The zero-order valence-electron chi connectivity index (χ0n) is 16.6. The minimum Gasteiger partial charge on any atom is -0.417 e. The van der Waals surface area contributed by atoms with E-state index in [1.165, 1.54) is 10.4 Å². The van der Waals surface area contributed by atoms with Crippen molar-refractivity contribution >= 4 is 17.4 Å². The van der Waals surface area contributed by atoms with Gasteiger partial charge in [0.2, 0.25) is 5.79 Å². The van der Waals surface area contributed by atoms with E-state index in [0.717, 1.165) is 32.1 Å². The van der Waals surface area contributed by atoms with Crippen LogP contribution in [-0.4, -0.2) is 37.0 Å². The number of benzene rings is 1. The maximum Gasteiger partial charge on any atom is 0.412 e. The van der Waals surface area contributed by atoms with E-state index in [-0.39, 0.29) is 6.09 Å². The molecule has 2 aromatic rings. The third-order valence-corrected chi connectivity index (χ3v) is 5.46. The third kappa shape index (κ3) is 8.14. The van der Waals surface area contributed by atoms with Crippen molar-refractivity contribution in [1.29, 1.82) is 0 Å². The van der Waals surface area contributed by atoms with Gasteiger partial charge in [-0.1, -0.05) is 42.8 Å². The Morgan fingerprint density at radius 1 is 1.00 bits per heavy atom. The van der Waals surface area contributed by atoms with E-state index >= 15 is 0 Å². The lowest BCUT2D eigenvalue weighted by Crippen LogP contribution is -2.40. The standard InChI is InChI=1S/C22H31NO3S/c1-22(2,25-3)26-21(24)23(17-15-19-11-6-4-7-12-19)16-9-5-8-13-20-14-10-18-27-20/h4,6-7,10-12,14,18H,5,8-9,13,15-17H2,1-3H3. The summed E-state index contributed by atoms with van der Waals surface area (Å²) in [5.41, 5.74) is 1.22. The first-order valence-corrected chi connectivity index (χ1v) is 10.5. The lowest BCUT2D eigenvalue weighted by atomic mass is 10.1. The lowest BCUT2D eigenvalue weighted by molar-refractivity contribution is -0.163. The quantitative estimate of drug-likeness (QED) is 0.375. The van der Waals surface area contributed by atoms with Crippen molar-refractivity contribution in [2.75, 3.05) is 20.2 Å². The van der Waals surface area contributed by atoms with Gasteiger partial charge < -0.3 is 14.4 Å². The van der Waals surface area contributed by atoms with Crippen LogP contribution in [0.1, 0.15) is 43.6 Å². The summed E-state index contributed by atoms with van der Waals surface area (Å²) in [4.78, 5) is 15.8. The summed E-state index contributed by atoms with van der Waals surface area (Å²) in [5.74, 6) is -0.915. The summed E-state index contributed by atoms with van der Waals surface area (Å²) in [5, 5.41) is 2.12. The molecule has 27 heavy (non-hydrogen) atoms. The third-order valence-electron chi connectivity index (χ3n) is 4.53. The van der Waals surface area contributed by atoms with Crippen LogP contribution in [0.5, 0.6) is 0 Å². The van der Waals surface area contributed by atoms with Gasteiger partial charge in [-0.3, -0.25) is 0 Å². The van der Waals surface area contributed by atoms with Gasteiger partial charge in [-0.2, -0.15) is 0 Å². The highest BCUT2D eigenvalue weighted by atomic mass is 32.1. The molecule has 1 amide bonds. The average molecular weight is 390 g/mol. The Kier molecular flexibility index (Phi) is 8.82. The number of hydrogen-bond acceptors (Lipinski definition) is 4. The number of methoxy groups -OCH3 is 1. The highest BCUT2D eigenvalue weighted by Crippen LogP contribution is 2.15. The van der Waals surface area contributed by atoms with Gasteiger partial charge >= 0.3 is 6.09 Å². The van der Waals surface area contributed by atoms with E-state index in [2.05, 4.69) is 29.6 Å². The Bertz CT molecular complexity index is 655. The molecule has 148 valence electrons. The van der Waals surface area contributed by atoms with Gasteiger partial charge in [-0.25, -0.2) is 4.79 Å². The molecule has 4 nitrogen and oxygen atoms in total. The second kappa shape index (κ2) is 11.1. The number of thiophene rings is 1. The maximum absolute atomic E-state index is 12.6. The Morgan fingerprint density at radius 2 is 1.78 bits per heavy atom. The molecule has 2 rings (SSSR count). The van der Waals surface area contributed by atoms with Gasteiger partial charge in [0.15, 0.2) is 0 Å². The number of amides is 1. The highest BCUT2D eigenvalue weighted by Gasteiger charge is 2.25. The first kappa shape index (κ1) is 21.5. The predicted molar refractivity (Wildman–Crippen MR) is 111 cm³/mol. The first-order valence-electron chi connectivity index (χ1n) is 9.59. The number of rotatable bonds is 11. The fourth-order valence-electron chi connectivity index (χ4n) is 2.75. The van der Waals surface area contributed by atoms with Crippen LogP contribution in [0.3, 0.4) is 0 Å². The van der Waals surface area contributed by atoms with E-state index < -0.39 is 5.79 Å². The molecular weight excluding hydrogens is 358 g/mol. The summed E-state index contributed by atoms with van der Waals surface area (Å²) in [6.45, 7) is 4.85. The number of unbranched alkanes of at least 4 members (excludes halogenated alkanes) is 2. The molecule has 0 radical (unpaired) electrons. The van der Waals surface area contributed by atoms with Gasteiger partial charge in [0.05, 0.1) is 0 Å². The molecule has 1 aromatic carbocycles. The van der Waals surface area contributed by atoms with E-state index in [9.17, 15) is 4.79 Å². The molecule has 0 atom stereocenters. The van der Waals surface area contributed by atoms with Crippen molar-refractivity contribution in [2.45, 2.75) is 51.7 Å².